The normalized spacial score (nSPS) is 22.7. The first-order chi connectivity index (χ1) is 10.7. The van der Waals surface area contributed by atoms with Crippen LogP contribution in [0.3, 0.4) is 0 Å². The molecule has 2 aromatic carbocycles. The van der Waals surface area contributed by atoms with Crippen molar-refractivity contribution in [1.82, 2.24) is 0 Å². The fourth-order valence-electron chi connectivity index (χ4n) is 3.02. The van der Waals surface area contributed by atoms with Gasteiger partial charge in [0.2, 0.25) is 0 Å². The molecule has 1 radical (unpaired) electrons. The van der Waals surface area contributed by atoms with Gasteiger partial charge in [0.1, 0.15) is 0 Å². The summed E-state index contributed by atoms with van der Waals surface area (Å²) in [5, 5.41) is 16.9. The molecule has 2 heterocycles. The van der Waals surface area contributed by atoms with Crippen LogP contribution in [0.1, 0.15) is 17.5 Å². The summed E-state index contributed by atoms with van der Waals surface area (Å²) in [7, 11) is 0. The van der Waals surface area contributed by atoms with E-state index < -0.39 is 5.60 Å². The maximum atomic E-state index is 12.2. The summed E-state index contributed by atoms with van der Waals surface area (Å²) in [6.07, 6.45) is 4.11. The zero-order valence-electron chi connectivity index (χ0n) is 11.8. The summed E-state index contributed by atoms with van der Waals surface area (Å²) in [5.74, 6) is -0.379. The number of amides is 1. The lowest BCUT2D eigenvalue weighted by Gasteiger charge is -2.28. The molecule has 0 bridgehead atoms. The second-order valence-electron chi connectivity index (χ2n) is 5.61. The van der Waals surface area contributed by atoms with Crippen molar-refractivity contribution >= 4 is 23.4 Å². The first kappa shape index (κ1) is 13.1. The average Bonchev–Trinajstić information content (AvgIpc) is 2.79. The van der Waals surface area contributed by atoms with Crippen LogP contribution in [0.2, 0.25) is 0 Å². The average molecular weight is 291 g/mol. The standard InChI is InChI=1S/C18H15N2O2/c21-17-18(22,14-6-2-4-8-16(14)20-17)11-13-10-9-12-5-1-3-7-15(12)19-13/h1-10,19,22H,11H2,(H,20,21). The molecule has 2 aliphatic heterocycles. The highest BCUT2D eigenvalue weighted by molar-refractivity contribution is 6.05. The molecule has 0 spiro atoms. The Bertz CT molecular complexity index is 784. The van der Waals surface area contributed by atoms with Gasteiger partial charge in [0.25, 0.3) is 5.91 Å². The van der Waals surface area contributed by atoms with Gasteiger partial charge in [-0.3, -0.25) is 4.79 Å². The van der Waals surface area contributed by atoms with E-state index in [0.29, 0.717) is 11.3 Å². The van der Waals surface area contributed by atoms with Gasteiger partial charge in [0, 0.05) is 23.4 Å². The summed E-state index contributed by atoms with van der Waals surface area (Å²) >= 11 is 0. The maximum Gasteiger partial charge on any atom is 0.261 e. The molecule has 0 saturated carbocycles. The van der Waals surface area contributed by atoms with Gasteiger partial charge in [-0.05, 0) is 17.7 Å². The largest absolute Gasteiger partial charge is 0.375 e. The predicted octanol–water partition coefficient (Wildman–Crippen LogP) is 2.89. The number of benzene rings is 2. The highest BCUT2D eigenvalue weighted by atomic mass is 16.3. The molecule has 109 valence electrons. The number of hydrogen-bond donors (Lipinski definition) is 3. The number of para-hydroxylation sites is 2. The monoisotopic (exact) mass is 291 g/mol. The van der Waals surface area contributed by atoms with Crippen LogP contribution < -0.4 is 10.6 Å². The van der Waals surface area contributed by atoms with Crippen molar-refractivity contribution in [1.29, 1.82) is 0 Å². The fraction of sp³-hybridized carbons (Fsp3) is 0.111. The van der Waals surface area contributed by atoms with E-state index in [0.717, 1.165) is 17.3 Å². The minimum Gasteiger partial charge on any atom is -0.375 e. The highest BCUT2D eigenvalue weighted by Crippen LogP contribution is 2.41. The lowest BCUT2D eigenvalue weighted by molar-refractivity contribution is -0.133. The number of hydrogen-bond acceptors (Lipinski definition) is 3. The zero-order valence-corrected chi connectivity index (χ0v) is 11.8. The fourth-order valence-corrected chi connectivity index (χ4v) is 3.02. The molecule has 2 aromatic rings. The van der Waals surface area contributed by atoms with Gasteiger partial charge in [0.15, 0.2) is 5.60 Å². The first-order valence-electron chi connectivity index (χ1n) is 7.20. The van der Waals surface area contributed by atoms with Crippen LogP contribution in [-0.4, -0.2) is 11.0 Å². The quantitative estimate of drug-likeness (QED) is 0.797. The number of nitrogens with one attached hydrogen (secondary N) is 2. The second-order valence-corrected chi connectivity index (χ2v) is 5.61. The van der Waals surface area contributed by atoms with E-state index >= 15 is 0 Å². The Labute approximate surface area is 128 Å². The Morgan fingerprint density at radius 1 is 0.909 bits per heavy atom. The lowest BCUT2D eigenvalue weighted by Crippen LogP contribution is -2.37. The van der Waals surface area contributed by atoms with Gasteiger partial charge in [-0.2, -0.15) is 0 Å². The van der Waals surface area contributed by atoms with E-state index in [-0.39, 0.29) is 12.3 Å². The lowest BCUT2D eigenvalue weighted by atomic mass is 9.87. The van der Waals surface area contributed by atoms with Crippen LogP contribution in [0.4, 0.5) is 11.4 Å². The summed E-state index contributed by atoms with van der Waals surface area (Å²) in [4.78, 5) is 12.2. The molecule has 22 heavy (non-hydrogen) atoms. The third kappa shape index (κ3) is 1.92. The molecular weight excluding hydrogens is 276 g/mol. The number of carbonyl (C=O) groups is 1. The molecule has 1 amide bonds. The van der Waals surface area contributed by atoms with E-state index in [1.165, 1.54) is 0 Å². The number of anilines is 2. The molecule has 0 aromatic heterocycles. The van der Waals surface area contributed by atoms with Gasteiger partial charge in [-0.25, -0.2) is 0 Å². The minimum atomic E-state index is -1.53. The van der Waals surface area contributed by atoms with Crippen LogP contribution in [0.15, 0.2) is 54.6 Å². The minimum absolute atomic E-state index is 0.209. The number of carbonyl (C=O) groups excluding carboxylic acids is 1. The first-order valence-corrected chi connectivity index (χ1v) is 7.20. The Morgan fingerprint density at radius 3 is 2.50 bits per heavy atom. The predicted molar refractivity (Wildman–Crippen MR) is 85.9 cm³/mol. The van der Waals surface area contributed by atoms with E-state index in [4.69, 9.17) is 0 Å². The van der Waals surface area contributed by atoms with Gasteiger partial charge in [-0.1, -0.05) is 48.6 Å². The van der Waals surface area contributed by atoms with Crippen molar-refractivity contribution < 1.29 is 9.90 Å². The van der Waals surface area contributed by atoms with Gasteiger partial charge >= 0.3 is 0 Å². The molecule has 0 aliphatic carbocycles. The Balaban J connectivity index is 1.63. The molecule has 0 fully saturated rings. The zero-order chi connectivity index (χ0) is 15.2. The molecule has 4 nitrogen and oxygen atoms in total. The van der Waals surface area contributed by atoms with Crippen LogP contribution in [0.25, 0.3) is 6.08 Å². The molecule has 1 atom stereocenters. The Kier molecular flexibility index (Phi) is 2.81. The number of fused-ring (bicyclic) bond motifs is 2. The van der Waals surface area contributed by atoms with Crippen molar-refractivity contribution in [2.75, 3.05) is 10.6 Å². The second kappa shape index (κ2) is 4.71. The van der Waals surface area contributed by atoms with Gasteiger partial charge < -0.3 is 15.7 Å². The van der Waals surface area contributed by atoms with Crippen molar-refractivity contribution in [3.05, 3.63) is 71.8 Å². The number of aliphatic hydroxyl groups is 1. The third-order valence-corrected chi connectivity index (χ3v) is 4.16. The topological polar surface area (TPSA) is 61.4 Å². The van der Waals surface area contributed by atoms with E-state index in [2.05, 4.69) is 10.6 Å². The van der Waals surface area contributed by atoms with Crippen LogP contribution in [-0.2, 0) is 10.4 Å². The van der Waals surface area contributed by atoms with E-state index in [9.17, 15) is 9.90 Å². The van der Waals surface area contributed by atoms with Crippen molar-refractivity contribution in [3.8, 4) is 0 Å². The van der Waals surface area contributed by atoms with Crippen LogP contribution >= 0.6 is 0 Å². The third-order valence-electron chi connectivity index (χ3n) is 4.16. The molecular formula is C18H15N2O2. The van der Waals surface area contributed by atoms with Crippen LogP contribution in [0.5, 0.6) is 0 Å². The Morgan fingerprint density at radius 2 is 1.64 bits per heavy atom. The molecule has 4 heteroatoms. The maximum absolute atomic E-state index is 12.2. The molecule has 2 aliphatic rings. The van der Waals surface area contributed by atoms with Crippen molar-refractivity contribution in [3.63, 3.8) is 0 Å². The highest BCUT2D eigenvalue weighted by Gasteiger charge is 2.46. The van der Waals surface area contributed by atoms with Crippen molar-refractivity contribution in [2.24, 2.45) is 0 Å². The smallest absolute Gasteiger partial charge is 0.261 e. The summed E-state index contributed by atoms with van der Waals surface area (Å²) < 4.78 is 0. The van der Waals surface area contributed by atoms with Crippen LogP contribution in [0, 0.1) is 6.04 Å². The Hall–Kier alpha value is -2.59. The SMILES string of the molecule is O=C1Nc2ccccc2C1(O)C[C]1C=Cc2ccccc2N1. The molecule has 0 saturated heterocycles. The van der Waals surface area contributed by atoms with Gasteiger partial charge in [-0.15, -0.1) is 0 Å². The van der Waals surface area contributed by atoms with Crippen molar-refractivity contribution in [2.45, 2.75) is 12.0 Å². The van der Waals surface area contributed by atoms with Gasteiger partial charge in [0.05, 0.1) is 6.04 Å². The summed E-state index contributed by atoms with van der Waals surface area (Å²) in [6.45, 7) is 0. The number of rotatable bonds is 2. The molecule has 3 N–H and O–H groups in total. The van der Waals surface area contributed by atoms with E-state index in [1.54, 1.807) is 12.1 Å². The van der Waals surface area contributed by atoms with E-state index in [1.807, 2.05) is 48.6 Å². The molecule has 4 rings (SSSR count). The summed E-state index contributed by atoms with van der Waals surface area (Å²) in [5.41, 5.74) is 1.84. The summed E-state index contributed by atoms with van der Waals surface area (Å²) in [6, 6.07) is 16.0. The molecule has 1 unspecified atom stereocenters.